The van der Waals surface area contributed by atoms with E-state index < -0.39 is 40.2 Å². The van der Waals surface area contributed by atoms with Crippen LogP contribution in [0.2, 0.25) is 0 Å². The van der Waals surface area contributed by atoms with Crippen LogP contribution in [0.3, 0.4) is 0 Å². The summed E-state index contributed by atoms with van der Waals surface area (Å²) < 4.78 is 26.8. The first-order chi connectivity index (χ1) is 19.5. The molecule has 1 fully saturated rings. The number of hydrogen-bond donors (Lipinski definition) is 4. The lowest BCUT2D eigenvalue weighted by Gasteiger charge is -2.49. The summed E-state index contributed by atoms with van der Waals surface area (Å²) in [5.74, 6) is -1.78. The predicted molar refractivity (Wildman–Crippen MR) is 157 cm³/mol. The Labute approximate surface area is 240 Å². The average molecular weight is 577 g/mol. The number of fused-ring (bicyclic) bond motifs is 1. The van der Waals surface area contributed by atoms with E-state index in [1.54, 1.807) is 17.0 Å². The third-order valence-corrected chi connectivity index (χ3v) is 9.05. The highest BCUT2D eigenvalue weighted by molar-refractivity contribution is 7.87. The highest BCUT2D eigenvalue weighted by Gasteiger charge is 2.49. The zero-order chi connectivity index (χ0) is 29.5. The molecule has 1 aliphatic heterocycles. The molecule has 3 aromatic carbocycles. The molecule has 1 aliphatic carbocycles. The van der Waals surface area contributed by atoms with Crippen molar-refractivity contribution >= 4 is 22.0 Å². The minimum Gasteiger partial charge on any atom is -0.392 e. The molecule has 5 rings (SSSR count). The van der Waals surface area contributed by atoms with Crippen LogP contribution in [0.15, 0.2) is 60.7 Å². The number of carbonyl (C=O) groups is 2. The predicted octanol–water partition coefficient (Wildman–Crippen LogP) is 3.33. The van der Waals surface area contributed by atoms with Gasteiger partial charge in [-0.3, -0.25) is 9.59 Å². The molecular formula is C31H36N4O5S. The van der Waals surface area contributed by atoms with E-state index in [2.05, 4.69) is 4.72 Å². The molecule has 2 aliphatic rings. The number of aliphatic hydroxyl groups excluding tert-OH is 1. The molecule has 9 nitrogen and oxygen atoms in total. The van der Waals surface area contributed by atoms with Crippen LogP contribution in [0.4, 0.5) is 0 Å². The van der Waals surface area contributed by atoms with E-state index in [1.807, 2.05) is 62.4 Å². The third-order valence-electron chi connectivity index (χ3n) is 8.42. The quantitative estimate of drug-likeness (QED) is 0.340. The summed E-state index contributed by atoms with van der Waals surface area (Å²) >= 11 is 0. The minimum absolute atomic E-state index is 0.162. The molecule has 1 heterocycles. The number of carbonyl (C=O) groups excluding carboxylic acids is 2. The first-order valence-electron chi connectivity index (χ1n) is 13.8. The van der Waals surface area contributed by atoms with Crippen molar-refractivity contribution < 1.29 is 23.1 Å². The second kappa shape index (κ2) is 11.4. The standard InChI is InChI=1S/C31H36N4O5S/c1-18-11-13-22(19(2)15-18)29-28(30(32)37)25-16-20(23-8-4-3-7-21(23)17-36)12-14-24(25)31(38)35(29)27-10-6-5-9-26(27)34-41(33,39)40/h3-4,7-8,11-16,26-29,34,36H,5-6,9-10,17H2,1-2H3,(H2,32,37)(H2,33,39,40)/t26-,27-,28+,29-/m0/s1. The average Bonchev–Trinajstić information content (AvgIpc) is 2.92. The zero-order valence-corrected chi connectivity index (χ0v) is 24.0. The third kappa shape index (κ3) is 5.65. The first kappa shape index (κ1) is 28.9. The molecule has 4 atom stereocenters. The van der Waals surface area contributed by atoms with Gasteiger partial charge in [-0.25, -0.2) is 5.14 Å². The van der Waals surface area contributed by atoms with Gasteiger partial charge in [0.1, 0.15) is 0 Å². The number of primary amides is 1. The smallest absolute Gasteiger partial charge is 0.274 e. The van der Waals surface area contributed by atoms with Gasteiger partial charge in [0.05, 0.1) is 18.6 Å². The Morgan fingerprint density at radius 1 is 1.00 bits per heavy atom. The summed E-state index contributed by atoms with van der Waals surface area (Å²) in [6.45, 7) is 3.75. The number of aliphatic hydroxyl groups is 1. The van der Waals surface area contributed by atoms with E-state index in [9.17, 15) is 23.1 Å². The van der Waals surface area contributed by atoms with E-state index in [-0.39, 0.29) is 12.5 Å². The second-order valence-electron chi connectivity index (χ2n) is 11.1. The zero-order valence-electron chi connectivity index (χ0n) is 23.2. The summed E-state index contributed by atoms with van der Waals surface area (Å²) in [6, 6.07) is 16.7. The van der Waals surface area contributed by atoms with Crippen molar-refractivity contribution in [3.05, 3.63) is 94.0 Å². The molecular weight excluding hydrogens is 540 g/mol. The molecule has 0 aromatic heterocycles. The fourth-order valence-corrected chi connectivity index (χ4v) is 7.36. The van der Waals surface area contributed by atoms with E-state index in [1.165, 1.54) is 0 Å². The van der Waals surface area contributed by atoms with Crippen molar-refractivity contribution in [1.29, 1.82) is 0 Å². The molecule has 1 saturated carbocycles. The normalized spacial score (nSPS) is 22.8. The Morgan fingerprint density at radius 2 is 1.73 bits per heavy atom. The van der Waals surface area contributed by atoms with Crippen molar-refractivity contribution in [1.82, 2.24) is 9.62 Å². The van der Waals surface area contributed by atoms with Gasteiger partial charge in [0.25, 0.3) is 16.1 Å². The number of nitrogens with two attached hydrogens (primary N) is 2. The maximum Gasteiger partial charge on any atom is 0.274 e. The molecule has 41 heavy (non-hydrogen) atoms. The Balaban J connectivity index is 1.74. The van der Waals surface area contributed by atoms with E-state index in [0.29, 0.717) is 24.0 Å². The van der Waals surface area contributed by atoms with Gasteiger partial charge >= 0.3 is 0 Å². The van der Waals surface area contributed by atoms with Crippen molar-refractivity contribution in [3.63, 3.8) is 0 Å². The minimum atomic E-state index is -4.04. The monoisotopic (exact) mass is 576 g/mol. The maximum atomic E-state index is 14.5. The van der Waals surface area contributed by atoms with E-state index in [4.69, 9.17) is 10.9 Å². The fraction of sp³-hybridized carbons (Fsp3) is 0.355. The second-order valence-corrected chi connectivity index (χ2v) is 12.5. The van der Waals surface area contributed by atoms with Crippen molar-refractivity contribution in [2.45, 2.75) is 70.2 Å². The van der Waals surface area contributed by atoms with Gasteiger partial charge in [0.15, 0.2) is 0 Å². The lowest BCUT2D eigenvalue weighted by atomic mass is 9.75. The largest absolute Gasteiger partial charge is 0.392 e. The first-order valence-corrected chi connectivity index (χ1v) is 15.4. The summed E-state index contributed by atoms with van der Waals surface area (Å²) in [6.07, 6.45) is 2.63. The van der Waals surface area contributed by atoms with Crippen molar-refractivity contribution in [3.8, 4) is 11.1 Å². The van der Waals surface area contributed by atoms with Gasteiger partial charge in [0, 0.05) is 17.6 Å². The lowest BCUT2D eigenvalue weighted by Crippen LogP contribution is -2.59. The molecule has 216 valence electrons. The van der Waals surface area contributed by atoms with Crippen LogP contribution in [-0.4, -0.2) is 42.3 Å². The van der Waals surface area contributed by atoms with Gasteiger partial charge < -0.3 is 15.7 Å². The van der Waals surface area contributed by atoms with Crippen LogP contribution >= 0.6 is 0 Å². The molecule has 3 aromatic rings. The maximum absolute atomic E-state index is 14.5. The number of amides is 2. The van der Waals surface area contributed by atoms with Gasteiger partial charge in [-0.05, 0) is 72.2 Å². The highest BCUT2D eigenvalue weighted by atomic mass is 32.2. The molecule has 2 amide bonds. The summed E-state index contributed by atoms with van der Waals surface area (Å²) in [4.78, 5) is 29.5. The number of hydrogen-bond acceptors (Lipinski definition) is 5. The molecule has 0 bridgehead atoms. The van der Waals surface area contributed by atoms with Crippen LogP contribution in [0.25, 0.3) is 11.1 Å². The van der Waals surface area contributed by atoms with Crippen LogP contribution in [0.1, 0.15) is 75.8 Å². The molecule has 0 unspecified atom stereocenters. The number of aryl methyl sites for hydroxylation is 2. The number of nitrogens with zero attached hydrogens (tertiary/aromatic N) is 1. The summed E-state index contributed by atoms with van der Waals surface area (Å²) in [5, 5.41) is 15.3. The topological polar surface area (TPSA) is 156 Å². The summed E-state index contributed by atoms with van der Waals surface area (Å²) in [7, 11) is -4.04. The van der Waals surface area contributed by atoms with Gasteiger partial charge in [-0.1, -0.05) is 66.9 Å². The molecule has 0 radical (unpaired) electrons. The van der Waals surface area contributed by atoms with Gasteiger partial charge in [-0.2, -0.15) is 13.1 Å². The highest BCUT2D eigenvalue weighted by Crippen LogP contribution is 2.47. The van der Waals surface area contributed by atoms with Gasteiger partial charge in [0.2, 0.25) is 5.91 Å². The molecule has 10 heteroatoms. The van der Waals surface area contributed by atoms with E-state index in [0.717, 1.165) is 46.2 Å². The number of benzene rings is 3. The van der Waals surface area contributed by atoms with Crippen molar-refractivity contribution in [2.24, 2.45) is 10.9 Å². The van der Waals surface area contributed by atoms with Gasteiger partial charge in [-0.15, -0.1) is 0 Å². The molecule has 0 saturated heterocycles. The SMILES string of the molecule is Cc1ccc([C@H]2[C@H](C(N)=O)c3cc(-c4ccccc4CO)ccc3C(=O)N2[C@H]2CCCC[C@@H]2NS(N)(=O)=O)c(C)c1. The lowest BCUT2D eigenvalue weighted by molar-refractivity contribution is -0.121. The number of rotatable bonds is 7. The van der Waals surface area contributed by atoms with Crippen LogP contribution in [0.5, 0.6) is 0 Å². The fourth-order valence-electron chi connectivity index (χ4n) is 6.66. The molecule has 6 N–H and O–H groups in total. The summed E-state index contributed by atoms with van der Waals surface area (Å²) in [5.41, 5.74) is 12.0. The van der Waals surface area contributed by atoms with Crippen LogP contribution in [-0.2, 0) is 21.6 Å². The van der Waals surface area contributed by atoms with Crippen LogP contribution in [0, 0.1) is 13.8 Å². The Kier molecular flexibility index (Phi) is 8.02. The van der Waals surface area contributed by atoms with Crippen molar-refractivity contribution in [2.75, 3.05) is 0 Å². The van der Waals surface area contributed by atoms with Crippen LogP contribution < -0.4 is 15.6 Å². The Hall–Kier alpha value is -3.57. The number of nitrogens with one attached hydrogen (secondary N) is 1. The Bertz CT molecular complexity index is 1610. The Morgan fingerprint density at radius 3 is 2.41 bits per heavy atom. The van der Waals surface area contributed by atoms with E-state index >= 15 is 0 Å². The molecule has 0 spiro atoms.